The van der Waals surface area contributed by atoms with Gasteiger partial charge in [-0.05, 0) is 37.1 Å². The number of sulfonamides is 1. The maximum atomic E-state index is 12.1. The number of benzene rings is 1. The SMILES string of the molecule is NC1CCCC1NS(=O)(=O)c1ccc(OC(F)(F)F)cc1. The zero-order valence-corrected chi connectivity index (χ0v) is 11.7. The van der Waals surface area contributed by atoms with Gasteiger partial charge in [-0.3, -0.25) is 0 Å². The minimum atomic E-state index is -4.81. The molecule has 3 N–H and O–H groups in total. The van der Waals surface area contributed by atoms with E-state index in [4.69, 9.17) is 5.73 Å². The van der Waals surface area contributed by atoms with Crippen LogP contribution in [0.2, 0.25) is 0 Å². The van der Waals surface area contributed by atoms with Gasteiger partial charge in [-0.2, -0.15) is 0 Å². The fraction of sp³-hybridized carbons (Fsp3) is 0.500. The average molecular weight is 324 g/mol. The standard InChI is InChI=1S/C12H15F3N2O3S/c13-12(14,15)20-8-4-6-9(7-5-8)21(18,19)17-11-3-1-2-10(11)16/h4-7,10-11,17H,1-3,16H2. The minimum absolute atomic E-state index is 0.129. The smallest absolute Gasteiger partial charge is 0.406 e. The van der Waals surface area contributed by atoms with Crippen molar-refractivity contribution in [3.8, 4) is 5.75 Å². The van der Waals surface area contributed by atoms with Crippen LogP contribution in [-0.4, -0.2) is 26.9 Å². The van der Waals surface area contributed by atoms with Crippen molar-refractivity contribution in [3.63, 3.8) is 0 Å². The van der Waals surface area contributed by atoms with Crippen LogP contribution in [0.15, 0.2) is 29.2 Å². The fourth-order valence-electron chi connectivity index (χ4n) is 2.22. The largest absolute Gasteiger partial charge is 0.573 e. The van der Waals surface area contributed by atoms with Gasteiger partial charge < -0.3 is 10.5 Å². The van der Waals surface area contributed by atoms with Crippen LogP contribution in [0, 0.1) is 0 Å². The van der Waals surface area contributed by atoms with Crippen molar-refractivity contribution in [1.29, 1.82) is 0 Å². The normalized spacial score (nSPS) is 23.2. The molecule has 0 spiro atoms. The molecule has 21 heavy (non-hydrogen) atoms. The molecule has 1 aromatic rings. The van der Waals surface area contributed by atoms with Crippen LogP contribution in [-0.2, 0) is 10.0 Å². The molecule has 1 aliphatic carbocycles. The van der Waals surface area contributed by atoms with Crippen molar-refractivity contribution in [2.45, 2.75) is 42.6 Å². The fourth-order valence-corrected chi connectivity index (χ4v) is 3.54. The molecule has 1 fully saturated rings. The number of hydrogen-bond donors (Lipinski definition) is 2. The van der Waals surface area contributed by atoms with Gasteiger partial charge in [-0.1, -0.05) is 6.42 Å². The Balaban J connectivity index is 2.10. The third-order valence-electron chi connectivity index (χ3n) is 3.24. The Bertz CT molecular complexity index is 587. The molecule has 1 aromatic carbocycles. The van der Waals surface area contributed by atoms with Gasteiger partial charge in [0.2, 0.25) is 10.0 Å². The maximum absolute atomic E-state index is 12.1. The molecule has 0 amide bonds. The predicted octanol–water partition coefficient (Wildman–Crippen LogP) is 1.74. The first kappa shape index (κ1) is 16.1. The van der Waals surface area contributed by atoms with Crippen molar-refractivity contribution in [2.75, 3.05) is 0 Å². The first-order valence-electron chi connectivity index (χ1n) is 6.31. The van der Waals surface area contributed by atoms with E-state index in [0.717, 1.165) is 37.1 Å². The summed E-state index contributed by atoms with van der Waals surface area (Å²) in [5, 5.41) is 0. The molecular weight excluding hydrogens is 309 g/mol. The quantitative estimate of drug-likeness (QED) is 0.884. The number of nitrogens with two attached hydrogens (primary N) is 1. The summed E-state index contributed by atoms with van der Waals surface area (Å²) in [5.41, 5.74) is 5.79. The number of ether oxygens (including phenoxy) is 1. The van der Waals surface area contributed by atoms with Crippen LogP contribution < -0.4 is 15.2 Å². The number of hydrogen-bond acceptors (Lipinski definition) is 4. The van der Waals surface area contributed by atoms with Crippen LogP contribution in [0.5, 0.6) is 5.75 Å². The second-order valence-electron chi connectivity index (χ2n) is 4.84. The van der Waals surface area contributed by atoms with Gasteiger partial charge in [0.25, 0.3) is 0 Å². The van der Waals surface area contributed by atoms with Crippen molar-refractivity contribution < 1.29 is 26.3 Å². The van der Waals surface area contributed by atoms with Gasteiger partial charge in [0.15, 0.2) is 0 Å². The van der Waals surface area contributed by atoms with Crippen molar-refractivity contribution in [2.24, 2.45) is 5.73 Å². The molecule has 2 unspecified atom stereocenters. The van der Waals surface area contributed by atoms with E-state index < -0.39 is 22.1 Å². The molecule has 0 aliphatic heterocycles. The highest BCUT2D eigenvalue weighted by molar-refractivity contribution is 7.89. The van der Waals surface area contributed by atoms with Gasteiger partial charge in [-0.25, -0.2) is 13.1 Å². The summed E-state index contributed by atoms with van der Waals surface area (Å²) in [4.78, 5) is -0.129. The summed E-state index contributed by atoms with van der Waals surface area (Å²) in [7, 11) is -3.80. The van der Waals surface area contributed by atoms with Gasteiger partial charge in [0.1, 0.15) is 5.75 Å². The summed E-state index contributed by atoms with van der Waals surface area (Å²) in [6.07, 6.45) is -2.58. The lowest BCUT2D eigenvalue weighted by molar-refractivity contribution is -0.274. The van der Waals surface area contributed by atoms with E-state index >= 15 is 0 Å². The lowest BCUT2D eigenvalue weighted by Gasteiger charge is -2.17. The number of alkyl halides is 3. The molecule has 9 heteroatoms. The number of halogens is 3. The van der Waals surface area contributed by atoms with E-state index in [9.17, 15) is 21.6 Å². The molecule has 0 radical (unpaired) electrons. The zero-order valence-electron chi connectivity index (χ0n) is 10.9. The topological polar surface area (TPSA) is 81.4 Å². The third-order valence-corrected chi connectivity index (χ3v) is 4.75. The summed E-state index contributed by atoms with van der Waals surface area (Å²) in [6.45, 7) is 0. The maximum Gasteiger partial charge on any atom is 0.573 e. The minimum Gasteiger partial charge on any atom is -0.406 e. The highest BCUT2D eigenvalue weighted by Crippen LogP contribution is 2.25. The first-order valence-corrected chi connectivity index (χ1v) is 7.79. The van der Waals surface area contributed by atoms with Crippen LogP contribution >= 0.6 is 0 Å². The molecule has 2 atom stereocenters. The van der Waals surface area contributed by atoms with E-state index in [0.29, 0.717) is 6.42 Å². The summed E-state index contributed by atoms with van der Waals surface area (Å²) >= 11 is 0. The molecule has 118 valence electrons. The van der Waals surface area contributed by atoms with Crippen LogP contribution in [0.1, 0.15) is 19.3 Å². The van der Waals surface area contributed by atoms with Gasteiger partial charge in [0.05, 0.1) is 4.90 Å². The Hall–Kier alpha value is -1.32. The molecule has 0 aromatic heterocycles. The summed E-state index contributed by atoms with van der Waals surface area (Å²) in [5.74, 6) is -0.473. The number of rotatable bonds is 4. The van der Waals surface area contributed by atoms with Gasteiger partial charge in [0, 0.05) is 12.1 Å². The van der Waals surface area contributed by atoms with Gasteiger partial charge in [-0.15, -0.1) is 13.2 Å². The molecule has 5 nitrogen and oxygen atoms in total. The molecule has 2 rings (SSSR count). The zero-order chi connectivity index (χ0) is 15.7. The summed E-state index contributed by atoms with van der Waals surface area (Å²) in [6, 6.07) is 3.44. The Morgan fingerprint density at radius 1 is 1.19 bits per heavy atom. The molecule has 1 aliphatic rings. The first-order chi connectivity index (χ1) is 9.67. The highest BCUT2D eigenvalue weighted by atomic mass is 32.2. The average Bonchev–Trinajstić information content (AvgIpc) is 2.73. The van der Waals surface area contributed by atoms with E-state index in [1.807, 2.05) is 0 Å². The molecule has 0 saturated heterocycles. The number of nitrogens with one attached hydrogen (secondary N) is 1. The molecular formula is C12H15F3N2O3S. The van der Waals surface area contributed by atoms with E-state index in [1.54, 1.807) is 0 Å². The lowest BCUT2D eigenvalue weighted by atomic mass is 10.2. The van der Waals surface area contributed by atoms with E-state index in [2.05, 4.69) is 9.46 Å². The van der Waals surface area contributed by atoms with Crippen molar-refractivity contribution >= 4 is 10.0 Å². The summed E-state index contributed by atoms with van der Waals surface area (Å²) < 4.78 is 66.4. The van der Waals surface area contributed by atoms with Crippen LogP contribution in [0.4, 0.5) is 13.2 Å². The van der Waals surface area contributed by atoms with Gasteiger partial charge >= 0.3 is 6.36 Å². The van der Waals surface area contributed by atoms with E-state index in [-0.39, 0.29) is 17.0 Å². The lowest BCUT2D eigenvalue weighted by Crippen LogP contribution is -2.43. The van der Waals surface area contributed by atoms with Crippen LogP contribution in [0.25, 0.3) is 0 Å². The Labute approximate surface area is 120 Å². The predicted molar refractivity (Wildman–Crippen MR) is 69.1 cm³/mol. The molecule has 0 heterocycles. The highest BCUT2D eigenvalue weighted by Gasteiger charge is 2.32. The second kappa shape index (κ2) is 5.82. The Kier molecular flexibility index (Phi) is 4.45. The second-order valence-corrected chi connectivity index (χ2v) is 6.56. The van der Waals surface area contributed by atoms with E-state index in [1.165, 1.54) is 0 Å². The Morgan fingerprint density at radius 3 is 2.29 bits per heavy atom. The Morgan fingerprint density at radius 2 is 1.81 bits per heavy atom. The third kappa shape index (κ3) is 4.32. The molecule has 0 bridgehead atoms. The van der Waals surface area contributed by atoms with Crippen molar-refractivity contribution in [1.82, 2.24) is 4.72 Å². The van der Waals surface area contributed by atoms with Crippen LogP contribution in [0.3, 0.4) is 0 Å². The van der Waals surface area contributed by atoms with Crippen molar-refractivity contribution in [3.05, 3.63) is 24.3 Å². The monoisotopic (exact) mass is 324 g/mol. The molecule has 1 saturated carbocycles.